The second kappa shape index (κ2) is 6.46. The maximum absolute atomic E-state index is 5.28. The molecule has 0 fully saturated rings. The number of methoxy groups -OCH3 is 1. The van der Waals surface area contributed by atoms with Gasteiger partial charge in [-0.15, -0.1) is 10.2 Å². The lowest BCUT2D eigenvalue weighted by Gasteiger charge is -2.10. The number of aryl methyl sites for hydroxylation is 1. The molecule has 5 nitrogen and oxygen atoms in total. The zero-order chi connectivity index (χ0) is 19.1. The summed E-state index contributed by atoms with van der Waals surface area (Å²) >= 11 is 0. The second-order valence-corrected chi connectivity index (χ2v) is 6.73. The number of benzene rings is 3. The minimum Gasteiger partial charge on any atom is -0.497 e. The first kappa shape index (κ1) is 16.4. The number of nitrogens with zero attached hydrogens (tertiary/aromatic N) is 4. The smallest absolute Gasteiger partial charge is 0.188 e. The van der Waals surface area contributed by atoms with Crippen LogP contribution in [0.2, 0.25) is 0 Å². The number of ether oxygens (including phenoxy) is 1. The average Bonchev–Trinajstić information content (AvgIpc) is 3.19. The topological polar surface area (TPSA) is 52.3 Å². The van der Waals surface area contributed by atoms with Crippen molar-refractivity contribution in [3.63, 3.8) is 0 Å². The van der Waals surface area contributed by atoms with Crippen LogP contribution in [-0.4, -0.2) is 26.7 Å². The van der Waals surface area contributed by atoms with Gasteiger partial charge in [0.15, 0.2) is 11.5 Å². The van der Waals surface area contributed by atoms with Gasteiger partial charge >= 0.3 is 0 Å². The Kier molecular flexibility index (Phi) is 3.79. The Morgan fingerprint density at radius 3 is 2.36 bits per heavy atom. The summed E-state index contributed by atoms with van der Waals surface area (Å²) < 4.78 is 7.38. The molecule has 5 rings (SSSR count). The summed E-state index contributed by atoms with van der Waals surface area (Å²) in [6, 6.07) is 24.2. The van der Waals surface area contributed by atoms with Gasteiger partial charge in [-0.05, 0) is 48.9 Å². The van der Waals surface area contributed by atoms with Gasteiger partial charge < -0.3 is 4.74 Å². The van der Waals surface area contributed by atoms with Crippen LogP contribution in [0.3, 0.4) is 0 Å². The van der Waals surface area contributed by atoms with Crippen LogP contribution in [0.5, 0.6) is 5.75 Å². The molecular weight excluding hydrogens is 348 g/mol. The van der Waals surface area contributed by atoms with Crippen molar-refractivity contribution in [3.05, 3.63) is 78.4 Å². The third-order valence-electron chi connectivity index (χ3n) is 4.87. The van der Waals surface area contributed by atoms with Gasteiger partial charge in [0.25, 0.3) is 0 Å². The molecular formula is C23H18N4O. The third-order valence-corrected chi connectivity index (χ3v) is 4.87. The lowest BCUT2D eigenvalue weighted by Crippen LogP contribution is -1.98. The molecule has 0 aliphatic carbocycles. The SMILES string of the molecule is COc1ccc(-c2nnc3c(-c4ccccc4)nc4ccc(C)cc4n23)cc1. The predicted molar refractivity (Wildman–Crippen MR) is 110 cm³/mol. The maximum atomic E-state index is 5.28. The molecule has 0 N–H and O–H groups in total. The highest BCUT2D eigenvalue weighted by Crippen LogP contribution is 2.30. The molecule has 136 valence electrons. The standard InChI is InChI=1S/C23H18N4O/c1-15-8-13-19-20(14-15)27-22(17-9-11-18(28-2)12-10-17)25-26-23(27)21(24-19)16-6-4-3-5-7-16/h3-14H,1-2H3. The highest BCUT2D eigenvalue weighted by Gasteiger charge is 2.17. The Morgan fingerprint density at radius 2 is 1.61 bits per heavy atom. The van der Waals surface area contributed by atoms with E-state index in [-0.39, 0.29) is 0 Å². The monoisotopic (exact) mass is 366 g/mol. The summed E-state index contributed by atoms with van der Waals surface area (Å²) in [6.07, 6.45) is 0. The summed E-state index contributed by atoms with van der Waals surface area (Å²) in [6.45, 7) is 2.08. The Balaban J connectivity index is 1.86. The number of fused-ring (bicyclic) bond motifs is 3. The van der Waals surface area contributed by atoms with Crippen LogP contribution in [0.4, 0.5) is 0 Å². The van der Waals surface area contributed by atoms with E-state index < -0.39 is 0 Å². The molecule has 0 atom stereocenters. The van der Waals surface area contributed by atoms with Gasteiger partial charge in [0, 0.05) is 11.1 Å². The number of rotatable bonds is 3. The Hall–Kier alpha value is -3.73. The average molecular weight is 366 g/mol. The molecule has 5 aromatic rings. The van der Waals surface area contributed by atoms with Gasteiger partial charge in [0.05, 0.1) is 18.1 Å². The molecule has 2 aromatic heterocycles. The zero-order valence-electron chi connectivity index (χ0n) is 15.6. The van der Waals surface area contributed by atoms with Crippen molar-refractivity contribution in [1.29, 1.82) is 0 Å². The maximum Gasteiger partial charge on any atom is 0.188 e. The zero-order valence-corrected chi connectivity index (χ0v) is 15.6. The van der Waals surface area contributed by atoms with E-state index in [1.807, 2.05) is 60.7 Å². The molecule has 0 unspecified atom stereocenters. The molecule has 0 amide bonds. The summed E-state index contributed by atoms with van der Waals surface area (Å²) in [5.74, 6) is 1.60. The lowest BCUT2D eigenvalue weighted by molar-refractivity contribution is 0.415. The van der Waals surface area contributed by atoms with Gasteiger partial charge in [0.1, 0.15) is 11.4 Å². The summed E-state index contributed by atoms with van der Waals surface area (Å²) in [4.78, 5) is 4.91. The van der Waals surface area contributed by atoms with Crippen LogP contribution in [0.25, 0.3) is 39.3 Å². The van der Waals surface area contributed by atoms with E-state index in [9.17, 15) is 0 Å². The van der Waals surface area contributed by atoms with Crippen LogP contribution >= 0.6 is 0 Å². The summed E-state index contributed by atoms with van der Waals surface area (Å²) in [5.41, 5.74) is 6.62. The molecule has 0 aliphatic rings. The molecule has 0 aliphatic heterocycles. The van der Waals surface area contributed by atoms with Crippen molar-refractivity contribution in [2.75, 3.05) is 7.11 Å². The molecule has 0 spiro atoms. The molecule has 0 radical (unpaired) electrons. The van der Waals surface area contributed by atoms with E-state index in [2.05, 4.69) is 33.7 Å². The van der Waals surface area contributed by atoms with E-state index in [0.29, 0.717) is 0 Å². The fourth-order valence-electron chi connectivity index (χ4n) is 3.46. The first-order valence-electron chi connectivity index (χ1n) is 9.10. The highest BCUT2D eigenvalue weighted by molar-refractivity contribution is 5.88. The molecule has 0 bridgehead atoms. The van der Waals surface area contributed by atoms with Gasteiger partial charge in [-0.1, -0.05) is 36.4 Å². The number of hydrogen-bond acceptors (Lipinski definition) is 4. The van der Waals surface area contributed by atoms with Gasteiger partial charge in [-0.2, -0.15) is 0 Å². The van der Waals surface area contributed by atoms with Crippen LogP contribution in [-0.2, 0) is 0 Å². The normalized spacial score (nSPS) is 11.2. The van der Waals surface area contributed by atoms with Crippen molar-refractivity contribution in [3.8, 4) is 28.4 Å². The fraction of sp³-hybridized carbons (Fsp3) is 0.0870. The largest absolute Gasteiger partial charge is 0.497 e. The summed E-state index contributed by atoms with van der Waals surface area (Å²) in [5, 5.41) is 9.03. The van der Waals surface area contributed by atoms with E-state index in [1.165, 1.54) is 0 Å². The Morgan fingerprint density at radius 1 is 0.821 bits per heavy atom. The molecule has 5 heteroatoms. The van der Waals surface area contributed by atoms with Crippen molar-refractivity contribution >= 4 is 16.7 Å². The van der Waals surface area contributed by atoms with Gasteiger partial charge in [-0.25, -0.2) is 4.98 Å². The predicted octanol–water partition coefficient (Wildman–Crippen LogP) is 4.93. The van der Waals surface area contributed by atoms with Crippen LogP contribution < -0.4 is 4.74 Å². The molecule has 2 heterocycles. The quantitative estimate of drug-likeness (QED) is 0.454. The van der Waals surface area contributed by atoms with Crippen molar-refractivity contribution in [2.24, 2.45) is 0 Å². The lowest BCUT2D eigenvalue weighted by atomic mass is 10.1. The van der Waals surface area contributed by atoms with Crippen LogP contribution in [0.15, 0.2) is 72.8 Å². The number of hydrogen-bond donors (Lipinski definition) is 0. The third kappa shape index (κ3) is 2.60. The van der Waals surface area contributed by atoms with Gasteiger partial charge in [0.2, 0.25) is 0 Å². The minimum atomic E-state index is 0.745. The molecule has 0 saturated carbocycles. The first-order chi connectivity index (χ1) is 13.7. The van der Waals surface area contributed by atoms with E-state index in [4.69, 9.17) is 9.72 Å². The molecule has 0 saturated heterocycles. The Bertz CT molecular complexity index is 1290. The van der Waals surface area contributed by atoms with E-state index in [0.717, 1.165) is 50.6 Å². The van der Waals surface area contributed by atoms with Crippen molar-refractivity contribution in [1.82, 2.24) is 19.6 Å². The van der Waals surface area contributed by atoms with Crippen LogP contribution in [0.1, 0.15) is 5.56 Å². The highest BCUT2D eigenvalue weighted by atomic mass is 16.5. The van der Waals surface area contributed by atoms with E-state index >= 15 is 0 Å². The van der Waals surface area contributed by atoms with Crippen molar-refractivity contribution < 1.29 is 4.74 Å². The van der Waals surface area contributed by atoms with Crippen LogP contribution in [0, 0.1) is 6.92 Å². The minimum absolute atomic E-state index is 0.745. The fourth-order valence-corrected chi connectivity index (χ4v) is 3.46. The Labute approximate surface area is 162 Å². The molecule has 3 aromatic carbocycles. The van der Waals surface area contributed by atoms with Gasteiger partial charge in [-0.3, -0.25) is 4.40 Å². The summed E-state index contributed by atoms with van der Waals surface area (Å²) in [7, 11) is 1.66. The van der Waals surface area contributed by atoms with Crippen molar-refractivity contribution in [2.45, 2.75) is 6.92 Å². The number of aromatic nitrogens is 4. The second-order valence-electron chi connectivity index (χ2n) is 6.73. The molecule has 28 heavy (non-hydrogen) atoms. The first-order valence-corrected chi connectivity index (χ1v) is 9.10. The van der Waals surface area contributed by atoms with E-state index in [1.54, 1.807) is 7.11 Å².